The van der Waals surface area contributed by atoms with Crippen LogP contribution < -0.4 is 5.32 Å². The van der Waals surface area contributed by atoms with Crippen molar-refractivity contribution in [2.45, 2.75) is 31.7 Å². The first-order chi connectivity index (χ1) is 10.8. The molecule has 0 unspecified atom stereocenters. The Kier molecular flexibility index (Phi) is 3.10. The molecule has 0 saturated heterocycles. The second-order valence-corrected chi connectivity index (χ2v) is 5.35. The molecule has 1 fully saturated rings. The van der Waals surface area contributed by atoms with Gasteiger partial charge in [0.05, 0.1) is 6.54 Å². The Balaban J connectivity index is 1.35. The number of hydrogen-bond donors (Lipinski definition) is 1. The third-order valence-electron chi connectivity index (χ3n) is 3.50. The molecule has 112 valence electrons. The van der Waals surface area contributed by atoms with E-state index in [0.717, 1.165) is 18.4 Å². The number of carbonyl (C=O) groups is 1. The monoisotopic (exact) mass is 298 g/mol. The van der Waals surface area contributed by atoms with Crippen molar-refractivity contribution in [3.8, 4) is 0 Å². The summed E-state index contributed by atoms with van der Waals surface area (Å²) in [5.74, 6) is 1.78. The van der Waals surface area contributed by atoms with Gasteiger partial charge in [-0.3, -0.25) is 4.79 Å². The highest BCUT2D eigenvalue weighted by Gasteiger charge is 2.29. The molecule has 22 heavy (non-hydrogen) atoms. The number of benzene rings is 1. The second-order valence-electron chi connectivity index (χ2n) is 5.35. The van der Waals surface area contributed by atoms with E-state index < -0.39 is 0 Å². The Labute approximate surface area is 125 Å². The average molecular weight is 298 g/mol. The van der Waals surface area contributed by atoms with E-state index in [2.05, 4.69) is 20.4 Å². The summed E-state index contributed by atoms with van der Waals surface area (Å²) in [7, 11) is 0. The highest BCUT2D eigenvalue weighted by Crippen LogP contribution is 2.38. The van der Waals surface area contributed by atoms with Gasteiger partial charge in [-0.25, -0.2) is 4.98 Å². The minimum absolute atomic E-state index is 0.0853. The lowest BCUT2D eigenvalue weighted by Crippen LogP contribution is -2.25. The number of oxazole rings is 1. The highest BCUT2D eigenvalue weighted by molar-refractivity contribution is 5.79. The van der Waals surface area contributed by atoms with Crippen molar-refractivity contribution in [2.75, 3.05) is 0 Å². The van der Waals surface area contributed by atoms with Gasteiger partial charge in [-0.1, -0.05) is 17.3 Å². The van der Waals surface area contributed by atoms with E-state index in [9.17, 15) is 4.79 Å². The van der Waals surface area contributed by atoms with Crippen molar-refractivity contribution < 1.29 is 13.7 Å². The van der Waals surface area contributed by atoms with Gasteiger partial charge in [-0.2, -0.15) is 4.98 Å². The topological polar surface area (TPSA) is 94.1 Å². The molecule has 1 aromatic carbocycles. The van der Waals surface area contributed by atoms with E-state index in [-0.39, 0.29) is 18.9 Å². The van der Waals surface area contributed by atoms with Crippen LogP contribution >= 0.6 is 0 Å². The number of carbonyl (C=O) groups excluding carboxylic acids is 1. The van der Waals surface area contributed by atoms with Gasteiger partial charge in [0.25, 0.3) is 0 Å². The summed E-state index contributed by atoms with van der Waals surface area (Å²) >= 11 is 0. The quantitative estimate of drug-likeness (QED) is 0.773. The first-order valence-electron chi connectivity index (χ1n) is 7.21. The number of rotatable bonds is 5. The largest absolute Gasteiger partial charge is 0.440 e. The van der Waals surface area contributed by atoms with Gasteiger partial charge >= 0.3 is 0 Å². The lowest BCUT2D eigenvalue weighted by Gasteiger charge is -1.99. The van der Waals surface area contributed by atoms with Crippen LogP contribution in [-0.2, 0) is 17.8 Å². The van der Waals surface area contributed by atoms with Gasteiger partial charge in [0.15, 0.2) is 11.4 Å². The predicted molar refractivity (Wildman–Crippen MR) is 75.8 cm³/mol. The van der Waals surface area contributed by atoms with Crippen molar-refractivity contribution >= 4 is 17.0 Å². The summed E-state index contributed by atoms with van der Waals surface area (Å²) in [6.45, 7) is 0.245. The van der Waals surface area contributed by atoms with E-state index in [1.165, 1.54) is 0 Å². The van der Waals surface area contributed by atoms with Gasteiger partial charge in [-0.05, 0) is 25.0 Å². The van der Waals surface area contributed by atoms with Gasteiger partial charge in [0.2, 0.25) is 17.7 Å². The summed E-state index contributed by atoms with van der Waals surface area (Å²) in [5.41, 5.74) is 1.43. The SMILES string of the molecule is O=C(Cc1nc2ccccc2o1)NCc1noc(C2CC2)n1. The first kappa shape index (κ1) is 13.0. The second kappa shape index (κ2) is 5.25. The Morgan fingerprint density at radius 3 is 2.95 bits per heavy atom. The molecule has 2 heterocycles. The molecule has 7 nitrogen and oxygen atoms in total. The molecule has 1 amide bonds. The number of aromatic nitrogens is 3. The van der Waals surface area contributed by atoms with Crippen LogP contribution in [0.2, 0.25) is 0 Å². The van der Waals surface area contributed by atoms with Crippen LogP contribution in [0.4, 0.5) is 0 Å². The number of hydrogen-bond acceptors (Lipinski definition) is 6. The Morgan fingerprint density at radius 2 is 2.14 bits per heavy atom. The zero-order valence-electron chi connectivity index (χ0n) is 11.8. The van der Waals surface area contributed by atoms with Gasteiger partial charge in [-0.15, -0.1) is 0 Å². The standard InChI is InChI=1S/C15H14N4O3/c20-13(7-14-17-10-3-1-2-4-11(10)21-14)16-8-12-18-15(22-19-12)9-5-6-9/h1-4,9H,5-8H2,(H,16,20). The molecule has 1 saturated carbocycles. The van der Waals surface area contributed by atoms with E-state index >= 15 is 0 Å². The number of nitrogens with one attached hydrogen (secondary N) is 1. The van der Waals surface area contributed by atoms with Crippen LogP contribution in [0.1, 0.15) is 36.4 Å². The van der Waals surface area contributed by atoms with E-state index in [4.69, 9.17) is 8.94 Å². The molecule has 1 aliphatic rings. The van der Waals surface area contributed by atoms with Crippen LogP contribution in [0.5, 0.6) is 0 Å². The number of nitrogens with zero attached hydrogens (tertiary/aromatic N) is 3. The molecule has 3 aromatic rings. The molecule has 4 rings (SSSR count). The van der Waals surface area contributed by atoms with Crippen molar-refractivity contribution in [1.29, 1.82) is 0 Å². The lowest BCUT2D eigenvalue weighted by atomic mass is 10.3. The molecule has 0 bridgehead atoms. The van der Waals surface area contributed by atoms with Gasteiger partial charge in [0, 0.05) is 5.92 Å². The van der Waals surface area contributed by atoms with Crippen LogP contribution in [0.15, 0.2) is 33.2 Å². The summed E-state index contributed by atoms with van der Waals surface area (Å²) in [6, 6.07) is 7.41. The predicted octanol–water partition coefficient (Wildman–Crippen LogP) is 1.95. The third kappa shape index (κ3) is 2.69. The number of amides is 1. The van der Waals surface area contributed by atoms with Crippen LogP contribution in [0.25, 0.3) is 11.1 Å². The fraction of sp³-hybridized carbons (Fsp3) is 0.333. The van der Waals surface area contributed by atoms with Crippen LogP contribution in [0.3, 0.4) is 0 Å². The van der Waals surface area contributed by atoms with E-state index in [1.54, 1.807) is 0 Å². The van der Waals surface area contributed by atoms with Gasteiger partial charge < -0.3 is 14.3 Å². The normalized spacial score (nSPS) is 14.4. The molecule has 1 aliphatic carbocycles. The fourth-order valence-electron chi connectivity index (χ4n) is 2.21. The van der Waals surface area contributed by atoms with Crippen LogP contribution in [0, 0.1) is 0 Å². The van der Waals surface area contributed by atoms with Crippen molar-refractivity contribution in [1.82, 2.24) is 20.4 Å². The Bertz CT molecular complexity index is 786. The van der Waals surface area contributed by atoms with Crippen molar-refractivity contribution in [3.05, 3.63) is 41.9 Å². The maximum absolute atomic E-state index is 11.9. The summed E-state index contributed by atoms with van der Waals surface area (Å²) in [6.07, 6.45) is 2.29. The maximum atomic E-state index is 11.9. The van der Waals surface area contributed by atoms with Crippen molar-refractivity contribution in [2.24, 2.45) is 0 Å². The molecule has 0 atom stereocenters. The smallest absolute Gasteiger partial charge is 0.229 e. The third-order valence-corrected chi connectivity index (χ3v) is 3.50. The highest BCUT2D eigenvalue weighted by atomic mass is 16.5. The average Bonchev–Trinajstić information content (AvgIpc) is 3.11. The minimum atomic E-state index is -0.190. The molecule has 2 aromatic heterocycles. The number of para-hydroxylation sites is 2. The molecule has 7 heteroatoms. The molecule has 0 radical (unpaired) electrons. The molecule has 0 spiro atoms. The number of fused-ring (bicyclic) bond motifs is 1. The van der Waals surface area contributed by atoms with Crippen molar-refractivity contribution in [3.63, 3.8) is 0 Å². The molecular weight excluding hydrogens is 284 g/mol. The Hall–Kier alpha value is -2.70. The Morgan fingerprint density at radius 1 is 1.27 bits per heavy atom. The van der Waals surface area contributed by atoms with Gasteiger partial charge in [0.1, 0.15) is 11.9 Å². The molecule has 0 aliphatic heterocycles. The maximum Gasteiger partial charge on any atom is 0.229 e. The van der Waals surface area contributed by atoms with E-state index in [1.807, 2.05) is 24.3 Å². The van der Waals surface area contributed by atoms with Crippen LogP contribution in [-0.4, -0.2) is 21.0 Å². The zero-order chi connectivity index (χ0) is 14.9. The summed E-state index contributed by atoms with van der Waals surface area (Å²) in [4.78, 5) is 20.4. The fourth-order valence-corrected chi connectivity index (χ4v) is 2.21. The summed E-state index contributed by atoms with van der Waals surface area (Å²) in [5, 5.41) is 6.59. The first-order valence-corrected chi connectivity index (χ1v) is 7.21. The zero-order valence-corrected chi connectivity index (χ0v) is 11.8. The molecule has 1 N–H and O–H groups in total. The lowest BCUT2D eigenvalue weighted by molar-refractivity contribution is -0.120. The molecular formula is C15H14N4O3. The minimum Gasteiger partial charge on any atom is -0.440 e. The summed E-state index contributed by atoms with van der Waals surface area (Å²) < 4.78 is 10.6. The van der Waals surface area contributed by atoms with E-state index in [0.29, 0.717) is 29.1 Å².